The summed E-state index contributed by atoms with van der Waals surface area (Å²) in [5.41, 5.74) is 3.42. The van der Waals surface area contributed by atoms with Gasteiger partial charge in [0.05, 0.1) is 17.8 Å². The molecule has 0 bridgehead atoms. The van der Waals surface area contributed by atoms with Crippen molar-refractivity contribution >= 4 is 11.6 Å². The van der Waals surface area contributed by atoms with E-state index in [0.29, 0.717) is 0 Å². The zero-order valence-corrected chi connectivity index (χ0v) is 8.69. The number of carboxylic acid groups (broad SMARTS) is 1. The van der Waals surface area contributed by atoms with E-state index < -0.39 is 5.97 Å². The zero-order chi connectivity index (χ0) is 11.0. The molecule has 4 heteroatoms. The molecule has 0 saturated heterocycles. The van der Waals surface area contributed by atoms with E-state index in [1.807, 2.05) is 36.6 Å². The van der Waals surface area contributed by atoms with Gasteiger partial charge in [-0.3, -0.25) is 4.79 Å². The van der Waals surface area contributed by atoms with E-state index in [9.17, 15) is 4.79 Å². The van der Waals surface area contributed by atoms with Crippen molar-refractivity contribution in [2.45, 2.75) is 20.3 Å². The first-order chi connectivity index (χ1) is 7.08. The predicted molar refractivity (Wildman–Crippen MR) is 56.0 cm³/mol. The van der Waals surface area contributed by atoms with E-state index in [1.54, 1.807) is 0 Å². The quantitative estimate of drug-likeness (QED) is 0.808. The fraction of sp³-hybridized carbons (Fsp3) is 0.273. The van der Waals surface area contributed by atoms with E-state index in [0.717, 1.165) is 22.6 Å². The number of aryl methyl sites for hydroxylation is 2. The molecule has 2 aromatic rings. The van der Waals surface area contributed by atoms with Crippen LogP contribution in [0.4, 0.5) is 0 Å². The number of hydrogen-bond donors (Lipinski definition) is 1. The first-order valence-corrected chi connectivity index (χ1v) is 4.74. The van der Waals surface area contributed by atoms with Crippen LogP contribution in [0.15, 0.2) is 18.3 Å². The van der Waals surface area contributed by atoms with Crippen LogP contribution in [0, 0.1) is 13.8 Å². The molecule has 0 fully saturated rings. The lowest BCUT2D eigenvalue weighted by Gasteiger charge is -2.00. The van der Waals surface area contributed by atoms with Gasteiger partial charge in [0.1, 0.15) is 5.65 Å². The van der Waals surface area contributed by atoms with E-state index in [1.165, 1.54) is 0 Å². The van der Waals surface area contributed by atoms with Crippen LogP contribution in [0.2, 0.25) is 0 Å². The van der Waals surface area contributed by atoms with Crippen molar-refractivity contribution in [2.75, 3.05) is 0 Å². The third-order valence-corrected chi connectivity index (χ3v) is 2.38. The molecule has 0 aliphatic heterocycles. The number of imidazole rings is 1. The lowest BCUT2D eigenvalue weighted by Crippen LogP contribution is -2.04. The summed E-state index contributed by atoms with van der Waals surface area (Å²) in [5, 5.41) is 8.80. The van der Waals surface area contributed by atoms with Crippen molar-refractivity contribution in [3.63, 3.8) is 0 Å². The Morgan fingerprint density at radius 3 is 2.87 bits per heavy atom. The zero-order valence-electron chi connectivity index (χ0n) is 8.69. The number of rotatable bonds is 2. The Morgan fingerprint density at radius 1 is 1.47 bits per heavy atom. The fourth-order valence-corrected chi connectivity index (χ4v) is 1.67. The van der Waals surface area contributed by atoms with Crippen molar-refractivity contribution in [2.24, 2.45) is 0 Å². The molecule has 0 saturated carbocycles. The molecule has 2 aromatic heterocycles. The van der Waals surface area contributed by atoms with Crippen LogP contribution < -0.4 is 0 Å². The number of hydrogen-bond acceptors (Lipinski definition) is 2. The molecule has 0 radical (unpaired) electrons. The van der Waals surface area contributed by atoms with Crippen LogP contribution in [0.1, 0.15) is 17.0 Å². The van der Waals surface area contributed by atoms with Gasteiger partial charge in [-0.25, -0.2) is 4.98 Å². The van der Waals surface area contributed by atoms with Gasteiger partial charge in [-0.05, 0) is 25.5 Å². The topological polar surface area (TPSA) is 54.6 Å². The Kier molecular flexibility index (Phi) is 2.19. The summed E-state index contributed by atoms with van der Waals surface area (Å²) in [7, 11) is 0. The van der Waals surface area contributed by atoms with E-state index in [2.05, 4.69) is 4.98 Å². The molecular weight excluding hydrogens is 192 g/mol. The van der Waals surface area contributed by atoms with Crippen LogP contribution in [0.25, 0.3) is 5.65 Å². The van der Waals surface area contributed by atoms with Gasteiger partial charge in [0, 0.05) is 6.20 Å². The molecular formula is C11H12N2O2. The Balaban J connectivity index is 2.65. The van der Waals surface area contributed by atoms with Crippen LogP contribution in [0.3, 0.4) is 0 Å². The SMILES string of the molecule is Cc1ccc2nc(C)c(CC(=O)O)n2c1. The van der Waals surface area contributed by atoms with Crippen molar-refractivity contribution in [3.05, 3.63) is 35.3 Å². The molecule has 0 aromatic carbocycles. The van der Waals surface area contributed by atoms with Gasteiger partial charge in [-0.15, -0.1) is 0 Å². The van der Waals surface area contributed by atoms with Crippen LogP contribution in [-0.4, -0.2) is 20.5 Å². The lowest BCUT2D eigenvalue weighted by molar-refractivity contribution is -0.136. The average molecular weight is 204 g/mol. The lowest BCUT2D eigenvalue weighted by atomic mass is 10.2. The van der Waals surface area contributed by atoms with E-state index in [4.69, 9.17) is 5.11 Å². The summed E-state index contributed by atoms with van der Waals surface area (Å²) >= 11 is 0. The minimum absolute atomic E-state index is 0.0104. The second kappa shape index (κ2) is 3.38. The maximum atomic E-state index is 10.7. The maximum Gasteiger partial charge on any atom is 0.309 e. The molecule has 0 spiro atoms. The second-order valence-electron chi connectivity index (χ2n) is 3.65. The summed E-state index contributed by atoms with van der Waals surface area (Å²) in [5.74, 6) is -0.832. The monoisotopic (exact) mass is 204 g/mol. The number of aliphatic carboxylic acids is 1. The molecule has 0 atom stereocenters. The van der Waals surface area contributed by atoms with Gasteiger partial charge in [0.2, 0.25) is 0 Å². The Labute approximate surface area is 87.2 Å². The largest absolute Gasteiger partial charge is 0.481 e. The van der Waals surface area contributed by atoms with Crippen LogP contribution in [0.5, 0.6) is 0 Å². The highest BCUT2D eigenvalue weighted by molar-refractivity contribution is 5.70. The van der Waals surface area contributed by atoms with Crippen molar-refractivity contribution in [1.82, 2.24) is 9.38 Å². The fourth-order valence-electron chi connectivity index (χ4n) is 1.67. The average Bonchev–Trinajstić information content (AvgIpc) is 2.43. The molecule has 4 nitrogen and oxygen atoms in total. The number of aromatic nitrogens is 2. The summed E-state index contributed by atoms with van der Waals surface area (Å²) in [6.07, 6.45) is 1.92. The summed E-state index contributed by atoms with van der Waals surface area (Å²) in [4.78, 5) is 15.0. The number of carbonyl (C=O) groups is 1. The highest BCUT2D eigenvalue weighted by atomic mass is 16.4. The predicted octanol–water partition coefficient (Wildman–Crippen LogP) is 1.58. The van der Waals surface area contributed by atoms with Crippen LogP contribution >= 0.6 is 0 Å². The molecule has 0 aliphatic carbocycles. The molecule has 0 amide bonds. The first-order valence-electron chi connectivity index (χ1n) is 4.74. The number of pyridine rings is 1. The highest BCUT2D eigenvalue weighted by Gasteiger charge is 2.11. The second-order valence-corrected chi connectivity index (χ2v) is 3.65. The van der Waals surface area contributed by atoms with Gasteiger partial charge in [0.15, 0.2) is 0 Å². The smallest absolute Gasteiger partial charge is 0.309 e. The molecule has 15 heavy (non-hydrogen) atoms. The van der Waals surface area contributed by atoms with Crippen LogP contribution in [-0.2, 0) is 11.2 Å². The summed E-state index contributed by atoms with van der Waals surface area (Å²) < 4.78 is 1.85. The number of fused-ring (bicyclic) bond motifs is 1. The molecule has 78 valence electrons. The third-order valence-electron chi connectivity index (χ3n) is 2.38. The number of nitrogens with zero attached hydrogens (tertiary/aromatic N) is 2. The van der Waals surface area contributed by atoms with Gasteiger partial charge in [-0.1, -0.05) is 6.07 Å². The van der Waals surface area contributed by atoms with Crippen molar-refractivity contribution < 1.29 is 9.90 Å². The standard InChI is InChI=1S/C11H12N2O2/c1-7-3-4-10-12-8(2)9(5-11(14)15)13(10)6-7/h3-4,6H,5H2,1-2H3,(H,14,15). The Morgan fingerprint density at radius 2 is 2.20 bits per heavy atom. The van der Waals surface area contributed by atoms with Crippen molar-refractivity contribution in [1.29, 1.82) is 0 Å². The third kappa shape index (κ3) is 1.70. The Hall–Kier alpha value is -1.84. The minimum atomic E-state index is -0.832. The molecule has 0 aliphatic rings. The molecule has 1 N–H and O–H groups in total. The summed E-state index contributed by atoms with van der Waals surface area (Å²) in [6, 6.07) is 3.86. The minimum Gasteiger partial charge on any atom is -0.481 e. The van der Waals surface area contributed by atoms with Gasteiger partial charge < -0.3 is 9.51 Å². The molecule has 2 heterocycles. The number of carboxylic acids is 1. The van der Waals surface area contributed by atoms with E-state index in [-0.39, 0.29) is 6.42 Å². The molecule has 0 unspecified atom stereocenters. The van der Waals surface area contributed by atoms with Gasteiger partial charge in [0.25, 0.3) is 0 Å². The van der Waals surface area contributed by atoms with Crippen molar-refractivity contribution in [3.8, 4) is 0 Å². The highest BCUT2D eigenvalue weighted by Crippen LogP contribution is 2.13. The van der Waals surface area contributed by atoms with Gasteiger partial charge in [-0.2, -0.15) is 0 Å². The normalized spacial score (nSPS) is 10.8. The summed E-state index contributed by atoms with van der Waals surface area (Å²) in [6.45, 7) is 3.81. The molecule has 2 rings (SSSR count). The first kappa shape index (κ1) is 9.71. The maximum absolute atomic E-state index is 10.7. The van der Waals surface area contributed by atoms with Gasteiger partial charge >= 0.3 is 5.97 Å². The van der Waals surface area contributed by atoms with E-state index >= 15 is 0 Å². The Bertz CT molecular complexity index is 529.